The molecule has 1 N–H and O–H groups in total. The molecule has 1 amide bonds. The Morgan fingerprint density at radius 1 is 0.966 bits per heavy atom. The third-order valence-corrected chi connectivity index (χ3v) is 5.30. The number of thioether (sulfide) groups is 1. The number of para-hydroxylation sites is 1. The van der Waals surface area contributed by atoms with Crippen LogP contribution in [0.3, 0.4) is 0 Å². The molecule has 0 bridgehead atoms. The number of nitrogens with zero attached hydrogens (tertiary/aromatic N) is 1. The molecule has 29 heavy (non-hydrogen) atoms. The number of rotatable bonds is 5. The summed E-state index contributed by atoms with van der Waals surface area (Å²) in [6, 6.07) is 24.7. The molecule has 0 saturated carbocycles. The first kappa shape index (κ1) is 19.3. The van der Waals surface area contributed by atoms with E-state index in [-0.39, 0.29) is 5.91 Å². The van der Waals surface area contributed by atoms with Gasteiger partial charge < -0.3 is 10.1 Å². The van der Waals surface area contributed by atoms with Gasteiger partial charge in [0, 0.05) is 5.02 Å². The van der Waals surface area contributed by atoms with Crippen molar-refractivity contribution in [3.63, 3.8) is 0 Å². The molecule has 144 valence electrons. The van der Waals surface area contributed by atoms with E-state index < -0.39 is 0 Å². The average Bonchev–Trinajstić information content (AvgIpc) is 3.08. The molecule has 1 heterocycles. The fraction of sp³-hybridized carbons (Fsp3) is 0.0435. The lowest BCUT2D eigenvalue weighted by Gasteiger charge is -2.06. The van der Waals surface area contributed by atoms with Crippen LogP contribution in [0.25, 0.3) is 6.08 Å². The molecule has 0 radical (unpaired) electrons. The van der Waals surface area contributed by atoms with Crippen LogP contribution in [0.15, 0.2) is 88.8 Å². The first-order valence-corrected chi connectivity index (χ1v) is 10.2. The Hall–Kier alpha value is -3.02. The van der Waals surface area contributed by atoms with Crippen molar-refractivity contribution in [1.82, 2.24) is 5.32 Å². The van der Waals surface area contributed by atoms with Crippen LogP contribution in [-0.4, -0.2) is 11.1 Å². The maximum atomic E-state index is 12.2. The first-order chi connectivity index (χ1) is 14.2. The van der Waals surface area contributed by atoms with Gasteiger partial charge in [0.25, 0.3) is 5.91 Å². The van der Waals surface area contributed by atoms with Gasteiger partial charge in [-0.1, -0.05) is 54.1 Å². The second-order valence-corrected chi connectivity index (χ2v) is 7.77. The Labute approximate surface area is 178 Å². The standard InChI is InChI=1S/C23H17ClN2O2S/c24-18-10-6-17(7-11-18)15-28-20-12-8-16(9-13-20)14-21-22(27)26-23(29-21)25-19-4-2-1-3-5-19/h1-14H,15H2,(H,25,26,27). The Kier molecular flexibility index (Phi) is 5.98. The summed E-state index contributed by atoms with van der Waals surface area (Å²) in [4.78, 5) is 17.3. The van der Waals surface area contributed by atoms with E-state index in [9.17, 15) is 4.79 Å². The van der Waals surface area contributed by atoms with Crippen molar-refractivity contribution in [3.8, 4) is 5.75 Å². The van der Waals surface area contributed by atoms with Crippen molar-refractivity contribution >= 4 is 46.2 Å². The van der Waals surface area contributed by atoms with E-state index in [4.69, 9.17) is 16.3 Å². The summed E-state index contributed by atoms with van der Waals surface area (Å²) in [5.41, 5.74) is 2.77. The van der Waals surface area contributed by atoms with Gasteiger partial charge in [-0.2, -0.15) is 0 Å². The maximum absolute atomic E-state index is 12.2. The van der Waals surface area contributed by atoms with Crippen LogP contribution in [0.1, 0.15) is 11.1 Å². The molecule has 0 spiro atoms. The summed E-state index contributed by atoms with van der Waals surface area (Å²) in [5.74, 6) is 0.615. The monoisotopic (exact) mass is 420 g/mol. The van der Waals surface area contributed by atoms with Gasteiger partial charge in [0.2, 0.25) is 0 Å². The fourth-order valence-electron chi connectivity index (χ4n) is 2.66. The third kappa shape index (κ3) is 5.28. The predicted molar refractivity (Wildman–Crippen MR) is 119 cm³/mol. The minimum atomic E-state index is -0.146. The van der Waals surface area contributed by atoms with Gasteiger partial charge in [-0.15, -0.1) is 0 Å². The molecule has 3 aromatic carbocycles. The molecule has 4 nitrogen and oxygen atoms in total. The molecule has 3 aromatic rings. The number of aliphatic imine (C=N–C) groups is 1. The van der Waals surface area contributed by atoms with E-state index in [2.05, 4.69) is 10.3 Å². The zero-order valence-electron chi connectivity index (χ0n) is 15.3. The van der Waals surface area contributed by atoms with Gasteiger partial charge in [0.05, 0.1) is 10.6 Å². The molecule has 1 fully saturated rings. The Balaban J connectivity index is 1.40. The van der Waals surface area contributed by atoms with Gasteiger partial charge >= 0.3 is 0 Å². The lowest BCUT2D eigenvalue weighted by atomic mass is 10.2. The topological polar surface area (TPSA) is 50.7 Å². The van der Waals surface area contributed by atoms with Crippen molar-refractivity contribution in [3.05, 3.63) is 99.9 Å². The maximum Gasteiger partial charge on any atom is 0.264 e. The first-order valence-electron chi connectivity index (χ1n) is 8.98. The lowest BCUT2D eigenvalue weighted by molar-refractivity contribution is -0.115. The normalized spacial score (nSPS) is 16.2. The number of hydrogen-bond acceptors (Lipinski definition) is 4. The smallest absolute Gasteiger partial charge is 0.264 e. The molecule has 6 heteroatoms. The molecule has 0 atom stereocenters. The minimum Gasteiger partial charge on any atom is -0.489 e. The van der Waals surface area contributed by atoms with E-state index in [1.807, 2.05) is 84.9 Å². The van der Waals surface area contributed by atoms with E-state index in [1.165, 1.54) is 11.8 Å². The Bertz CT molecular complexity index is 1060. The SMILES string of the molecule is O=C1NC(=Nc2ccccc2)SC1=Cc1ccc(OCc2ccc(Cl)cc2)cc1. The zero-order chi connectivity index (χ0) is 20.1. The third-order valence-electron chi connectivity index (χ3n) is 4.13. The number of carbonyl (C=O) groups excluding carboxylic acids is 1. The number of amidine groups is 1. The van der Waals surface area contributed by atoms with E-state index in [1.54, 1.807) is 0 Å². The summed E-state index contributed by atoms with van der Waals surface area (Å²) in [7, 11) is 0. The van der Waals surface area contributed by atoms with Crippen molar-refractivity contribution in [2.45, 2.75) is 6.61 Å². The molecular weight excluding hydrogens is 404 g/mol. The highest BCUT2D eigenvalue weighted by Gasteiger charge is 2.23. The molecule has 1 aliphatic heterocycles. The highest BCUT2D eigenvalue weighted by molar-refractivity contribution is 8.18. The van der Waals surface area contributed by atoms with Gasteiger partial charge in [-0.25, -0.2) is 4.99 Å². The van der Waals surface area contributed by atoms with Crippen LogP contribution >= 0.6 is 23.4 Å². The molecule has 1 aliphatic rings. The van der Waals surface area contributed by atoms with Gasteiger partial charge in [-0.05, 0) is 65.4 Å². The molecule has 0 aliphatic carbocycles. The number of amides is 1. The number of nitrogens with one attached hydrogen (secondary N) is 1. The summed E-state index contributed by atoms with van der Waals surface area (Å²) >= 11 is 7.22. The number of halogens is 1. The van der Waals surface area contributed by atoms with Crippen LogP contribution < -0.4 is 10.1 Å². The largest absolute Gasteiger partial charge is 0.489 e. The van der Waals surface area contributed by atoms with Crippen LogP contribution in [0, 0.1) is 0 Å². The summed E-state index contributed by atoms with van der Waals surface area (Å²) in [6.45, 7) is 0.467. The van der Waals surface area contributed by atoms with Crippen LogP contribution in [0.4, 0.5) is 5.69 Å². The Morgan fingerprint density at radius 3 is 2.41 bits per heavy atom. The second-order valence-electron chi connectivity index (χ2n) is 6.30. The number of hydrogen-bond donors (Lipinski definition) is 1. The number of carbonyl (C=O) groups is 1. The lowest BCUT2D eigenvalue weighted by Crippen LogP contribution is -2.19. The van der Waals surface area contributed by atoms with Crippen LogP contribution in [0.2, 0.25) is 5.02 Å². The highest BCUT2D eigenvalue weighted by atomic mass is 35.5. The van der Waals surface area contributed by atoms with Gasteiger partial charge in [-0.3, -0.25) is 4.79 Å². The molecule has 4 rings (SSSR count). The van der Waals surface area contributed by atoms with Crippen LogP contribution in [-0.2, 0) is 11.4 Å². The quantitative estimate of drug-likeness (QED) is 0.530. The Morgan fingerprint density at radius 2 is 1.69 bits per heavy atom. The molecule has 1 saturated heterocycles. The van der Waals surface area contributed by atoms with Crippen LogP contribution in [0.5, 0.6) is 5.75 Å². The summed E-state index contributed by atoms with van der Waals surface area (Å²) < 4.78 is 5.79. The van der Waals surface area contributed by atoms with Gasteiger partial charge in [0.1, 0.15) is 12.4 Å². The molecular formula is C23H17ClN2O2S. The molecule has 0 aromatic heterocycles. The minimum absolute atomic E-state index is 0.146. The fourth-order valence-corrected chi connectivity index (χ4v) is 3.63. The van der Waals surface area contributed by atoms with E-state index >= 15 is 0 Å². The van der Waals surface area contributed by atoms with Crippen molar-refractivity contribution in [1.29, 1.82) is 0 Å². The second kappa shape index (κ2) is 8.99. The molecule has 0 unspecified atom stereocenters. The summed E-state index contributed by atoms with van der Waals surface area (Å²) in [6.07, 6.45) is 1.84. The van der Waals surface area contributed by atoms with Crippen molar-refractivity contribution < 1.29 is 9.53 Å². The number of ether oxygens (including phenoxy) is 1. The number of benzene rings is 3. The van der Waals surface area contributed by atoms with E-state index in [0.29, 0.717) is 21.7 Å². The highest BCUT2D eigenvalue weighted by Crippen LogP contribution is 2.28. The van der Waals surface area contributed by atoms with Gasteiger partial charge in [0.15, 0.2) is 5.17 Å². The van der Waals surface area contributed by atoms with Crippen molar-refractivity contribution in [2.24, 2.45) is 4.99 Å². The summed E-state index contributed by atoms with van der Waals surface area (Å²) in [5, 5.41) is 4.08. The predicted octanol–water partition coefficient (Wildman–Crippen LogP) is 5.81. The van der Waals surface area contributed by atoms with Crippen molar-refractivity contribution in [2.75, 3.05) is 0 Å². The zero-order valence-corrected chi connectivity index (χ0v) is 16.9. The average molecular weight is 421 g/mol. The van der Waals surface area contributed by atoms with E-state index in [0.717, 1.165) is 22.6 Å².